The maximum Gasteiger partial charge on any atom is 0.180 e. The van der Waals surface area contributed by atoms with Crippen LogP contribution in [0.4, 0.5) is 0 Å². The van der Waals surface area contributed by atoms with Gasteiger partial charge >= 0.3 is 0 Å². The number of sulfone groups is 1. The second kappa shape index (κ2) is 5.94. The molecule has 1 atom stereocenters. The fourth-order valence-corrected chi connectivity index (χ4v) is 5.16. The van der Waals surface area contributed by atoms with Gasteiger partial charge in [-0.15, -0.1) is 0 Å². The van der Waals surface area contributed by atoms with Crippen molar-refractivity contribution in [2.24, 2.45) is 0 Å². The molecule has 5 nitrogen and oxygen atoms in total. The van der Waals surface area contributed by atoms with E-state index in [4.69, 9.17) is 0 Å². The van der Waals surface area contributed by atoms with Crippen molar-refractivity contribution in [3.63, 3.8) is 0 Å². The van der Waals surface area contributed by atoms with Crippen molar-refractivity contribution >= 4 is 9.84 Å². The van der Waals surface area contributed by atoms with Gasteiger partial charge < -0.3 is 10.3 Å². The van der Waals surface area contributed by atoms with Crippen molar-refractivity contribution < 1.29 is 18.7 Å². The monoisotopic (exact) mass is 313 g/mol. The minimum atomic E-state index is -3.55. The first-order valence-corrected chi connectivity index (χ1v) is 9.01. The second-order valence-corrected chi connectivity index (χ2v) is 7.75. The van der Waals surface area contributed by atoms with Gasteiger partial charge in [-0.3, -0.25) is 0 Å². The summed E-state index contributed by atoms with van der Waals surface area (Å²) < 4.78 is 25.4. The van der Waals surface area contributed by atoms with Crippen molar-refractivity contribution in [1.29, 1.82) is 0 Å². The van der Waals surface area contributed by atoms with E-state index >= 15 is 0 Å². The molecule has 6 heteroatoms. The number of rotatable bonds is 4. The molecule has 0 aliphatic carbocycles. The highest BCUT2D eigenvalue weighted by Crippen LogP contribution is 2.36. The summed E-state index contributed by atoms with van der Waals surface area (Å²) in [4.78, 5) is 0.133. The number of phenolic OH excluding ortho intramolecular Hbond substituents is 1. The average molecular weight is 313 g/mol. The van der Waals surface area contributed by atoms with Crippen LogP contribution in [0.1, 0.15) is 45.1 Å². The fraction of sp³-hybridized carbons (Fsp3) is 0.600. The molecule has 0 saturated heterocycles. The number of benzene rings is 1. The smallest absolute Gasteiger partial charge is 0.180 e. The van der Waals surface area contributed by atoms with Gasteiger partial charge in [0, 0.05) is 0 Å². The zero-order valence-corrected chi connectivity index (χ0v) is 13.4. The Labute approximate surface area is 126 Å². The van der Waals surface area contributed by atoms with E-state index in [-0.39, 0.29) is 22.9 Å². The van der Waals surface area contributed by atoms with Crippen molar-refractivity contribution in [3.8, 4) is 5.75 Å². The number of hydrogen-bond acceptors (Lipinski definition) is 5. The number of hydrogen-bond donors (Lipinski definition) is 2. The van der Waals surface area contributed by atoms with Crippen LogP contribution >= 0.6 is 0 Å². The number of aromatic hydroxyl groups is 1. The molecule has 0 fully saturated rings. The predicted molar refractivity (Wildman–Crippen MR) is 80.0 cm³/mol. The summed E-state index contributed by atoms with van der Waals surface area (Å²) in [5.74, 6) is -0.192. The van der Waals surface area contributed by atoms with E-state index in [0.29, 0.717) is 18.4 Å². The number of nitrogens with zero attached hydrogens (tertiary/aromatic N) is 1. The molecule has 0 unspecified atom stereocenters. The topological polar surface area (TPSA) is 77.8 Å². The lowest BCUT2D eigenvalue weighted by Gasteiger charge is -2.37. The van der Waals surface area contributed by atoms with Gasteiger partial charge in [0.25, 0.3) is 0 Å². The van der Waals surface area contributed by atoms with E-state index in [0.717, 1.165) is 12.8 Å². The first kappa shape index (κ1) is 16.3. The van der Waals surface area contributed by atoms with Crippen LogP contribution in [0.3, 0.4) is 0 Å². The van der Waals surface area contributed by atoms with Gasteiger partial charge in [0.1, 0.15) is 5.75 Å². The molecule has 1 heterocycles. The molecule has 0 amide bonds. The molecule has 1 aliphatic heterocycles. The largest absolute Gasteiger partial charge is 0.508 e. The molecule has 2 rings (SSSR count). The summed E-state index contributed by atoms with van der Waals surface area (Å²) in [6.07, 6.45) is 3.00. The number of unbranched alkanes of at least 4 members (excludes halogenated alkanes) is 1. The van der Waals surface area contributed by atoms with Gasteiger partial charge in [0.2, 0.25) is 0 Å². The Bertz CT molecular complexity index is 614. The highest BCUT2D eigenvalue weighted by molar-refractivity contribution is 7.91. The van der Waals surface area contributed by atoms with Crippen LogP contribution in [0.15, 0.2) is 23.1 Å². The fourth-order valence-electron chi connectivity index (χ4n) is 2.97. The molecule has 0 radical (unpaired) electrons. The molecule has 0 bridgehead atoms. The number of phenols is 1. The van der Waals surface area contributed by atoms with E-state index < -0.39 is 15.4 Å². The van der Waals surface area contributed by atoms with Gasteiger partial charge in [-0.1, -0.05) is 32.8 Å². The van der Waals surface area contributed by atoms with E-state index in [1.807, 2.05) is 13.8 Å². The lowest BCUT2D eigenvalue weighted by molar-refractivity contribution is -0.178. The molecule has 1 aliphatic rings. The van der Waals surface area contributed by atoms with E-state index in [1.165, 1.54) is 17.2 Å². The summed E-state index contributed by atoms with van der Waals surface area (Å²) in [7, 11) is -3.55. The summed E-state index contributed by atoms with van der Waals surface area (Å²) in [5.41, 5.74) is -0.231. The van der Waals surface area contributed by atoms with E-state index in [1.54, 1.807) is 6.07 Å². The van der Waals surface area contributed by atoms with Gasteiger partial charge in [0.15, 0.2) is 9.84 Å². The van der Waals surface area contributed by atoms with Gasteiger partial charge in [-0.2, -0.15) is 5.06 Å². The normalized spacial score (nSPS) is 25.3. The molecule has 1 aromatic rings. The van der Waals surface area contributed by atoms with E-state index in [9.17, 15) is 18.7 Å². The van der Waals surface area contributed by atoms with Crippen molar-refractivity contribution in [1.82, 2.24) is 5.06 Å². The molecule has 118 valence electrons. The molecule has 1 aromatic carbocycles. The predicted octanol–water partition coefficient (Wildman–Crippen LogP) is 2.71. The lowest BCUT2D eigenvalue weighted by Crippen LogP contribution is -2.49. The minimum absolute atomic E-state index is 0.0700. The Morgan fingerprint density at radius 1 is 1.33 bits per heavy atom. The summed E-state index contributed by atoms with van der Waals surface area (Å²) in [6.45, 7) is 4.11. The molecule has 0 spiro atoms. The van der Waals surface area contributed by atoms with Crippen LogP contribution in [0.5, 0.6) is 5.75 Å². The Hall–Kier alpha value is -1.11. The average Bonchev–Trinajstić information content (AvgIpc) is 2.52. The first-order chi connectivity index (χ1) is 9.84. The SMILES string of the molecule is CCCC[C@]1(CC)CS(=O)(=O)c2cc(O)ccc2CN1O. The van der Waals surface area contributed by atoms with Crippen LogP contribution in [0, 0.1) is 0 Å². The zero-order chi connectivity index (χ0) is 15.7. The first-order valence-electron chi connectivity index (χ1n) is 7.36. The summed E-state index contributed by atoms with van der Waals surface area (Å²) >= 11 is 0. The third kappa shape index (κ3) is 3.07. The van der Waals surface area contributed by atoms with Crippen molar-refractivity contribution in [2.75, 3.05) is 5.75 Å². The molecule has 2 N–H and O–H groups in total. The molecule has 21 heavy (non-hydrogen) atoms. The minimum Gasteiger partial charge on any atom is -0.508 e. The number of hydroxylamine groups is 2. The molecular formula is C15H23NO4S. The Balaban J connectivity index is 2.51. The van der Waals surface area contributed by atoms with Crippen molar-refractivity contribution in [2.45, 2.75) is 56.5 Å². The highest BCUT2D eigenvalue weighted by Gasteiger charge is 2.42. The Morgan fingerprint density at radius 2 is 2.05 bits per heavy atom. The Morgan fingerprint density at radius 3 is 2.67 bits per heavy atom. The lowest BCUT2D eigenvalue weighted by atomic mass is 9.91. The van der Waals surface area contributed by atoms with Crippen LogP contribution < -0.4 is 0 Å². The van der Waals surface area contributed by atoms with E-state index in [2.05, 4.69) is 0 Å². The highest BCUT2D eigenvalue weighted by atomic mass is 32.2. The molecule has 0 aromatic heterocycles. The third-order valence-electron chi connectivity index (χ3n) is 4.37. The summed E-state index contributed by atoms with van der Waals surface area (Å²) in [5, 5.41) is 21.2. The summed E-state index contributed by atoms with van der Waals surface area (Å²) in [6, 6.07) is 4.30. The van der Waals surface area contributed by atoms with Crippen LogP contribution in [-0.4, -0.2) is 35.1 Å². The third-order valence-corrected chi connectivity index (χ3v) is 6.33. The molecular weight excluding hydrogens is 290 g/mol. The second-order valence-electron chi connectivity index (χ2n) is 5.79. The Kier molecular flexibility index (Phi) is 4.60. The van der Waals surface area contributed by atoms with Gasteiger partial charge in [0.05, 0.1) is 22.7 Å². The van der Waals surface area contributed by atoms with Gasteiger partial charge in [-0.25, -0.2) is 8.42 Å². The zero-order valence-electron chi connectivity index (χ0n) is 12.5. The quantitative estimate of drug-likeness (QED) is 0.893. The van der Waals surface area contributed by atoms with Crippen LogP contribution in [-0.2, 0) is 16.4 Å². The van der Waals surface area contributed by atoms with Crippen LogP contribution in [0.2, 0.25) is 0 Å². The van der Waals surface area contributed by atoms with Gasteiger partial charge in [-0.05, 0) is 30.5 Å². The number of fused-ring (bicyclic) bond motifs is 1. The maximum absolute atomic E-state index is 12.7. The maximum atomic E-state index is 12.7. The van der Waals surface area contributed by atoms with Crippen LogP contribution in [0.25, 0.3) is 0 Å². The standard InChI is InChI=1S/C15H23NO4S/c1-3-5-8-15(4-2)11-21(19,20)14-9-13(17)7-6-12(14)10-16(15)18/h6-7,9,17-18H,3-5,8,10-11H2,1-2H3/t15-/m1/s1. The van der Waals surface area contributed by atoms with Crippen molar-refractivity contribution in [3.05, 3.63) is 23.8 Å². The molecule has 0 saturated carbocycles.